The molecule has 0 aromatic carbocycles. The summed E-state index contributed by atoms with van der Waals surface area (Å²) in [7, 11) is 0. The molecular weight excluding hydrogens is 478 g/mol. The predicted molar refractivity (Wildman–Crippen MR) is 124 cm³/mol. The van der Waals surface area contributed by atoms with Crippen molar-refractivity contribution in [1.82, 2.24) is 25.9 Å². The molecule has 36 heavy (non-hydrogen) atoms. The van der Waals surface area contributed by atoms with Crippen LogP contribution in [0.25, 0.3) is 0 Å². The van der Waals surface area contributed by atoms with E-state index >= 15 is 0 Å². The van der Waals surface area contributed by atoms with Gasteiger partial charge in [-0.15, -0.1) is 0 Å². The number of aliphatic carboxylic acids is 2. The number of carbonyl (C=O) groups is 6. The van der Waals surface area contributed by atoms with Gasteiger partial charge in [-0.1, -0.05) is 20.3 Å². The van der Waals surface area contributed by atoms with Gasteiger partial charge in [-0.25, -0.2) is 9.78 Å². The molecule has 0 aliphatic heterocycles. The summed E-state index contributed by atoms with van der Waals surface area (Å²) < 4.78 is 0. The zero-order valence-corrected chi connectivity index (χ0v) is 20.0. The Hall–Kier alpha value is -4.01. The molecule has 1 rings (SSSR count). The number of nitrogens with zero attached hydrogens (tertiary/aromatic N) is 1. The summed E-state index contributed by atoms with van der Waals surface area (Å²) in [6, 6.07) is -5.30. The van der Waals surface area contributed by atoms with Crippen molar-refractivity contribution in [2.75, 3.05) is 0 Å². The van der Waals surface area contributed by atoms with E-state index in [1.54, 1.807) is 13.8 Å². The summed E-state index contributed by atoms with van der Waals surface area (Å²) in [6.07, 6.45) is 1.87. The van der Waals surface area contributed by atoms with E-state index in [2.05, 4.69) is 25.9 Å². The van der Waals surface area contributed by atoms with Crippen molar-refractivity contribution in [1.29, 1.82) is 0 Å². The van der Waals surface area contributed by atoms with Crippen LogP contribution in [-0.2, 0) is 35.2 Å². The number of H-pyrrole nitrogens is 1. The average molecular weight is 512 g/mol. The van der Waals surface area contributed by atoms with Gasteiger partial charge in [0.15, 0.2) is 0 Å². The highest BCUT2D eigenvalue weighted by Gasteiger charge is 2.33. The van der Waals surface area contributed by atoms with Gasteiger partial charge in [-0.2, -0.15) is 0 Å². The summed E-state index contributed by atoms with van der Waals surface area (Å²) >= 11 is 0. The number of aromatic nitrogens is 2. The van der Waals surface area contributed by atoms with Gasteiger partial charge in [0.2, 0.25) is 23.6 Å². The molecule has 0 spiro atoms. The first kappa shape index (κ1) is 30.0. The normalized spacial score (nSPS) is 15.0. The van der Waals surface area contributed by atoms with Gasteiger partial charge in [0.1, 0.15) is 18.1 Å². The molecule has 0 saturated carbocycles. The smallest absolute Gasteiger partial charge is 0.326 e. The summed E-state index contributed by atoms with van der Waals surface area (Å²) in [5.74, 6) is -6.44. The standard InChI is InChI=1S/C21H33N7O8/c1-3-10(2)17(28-18(32)12(22)4-5-16(30)31)20(34)26-13(7-15(23)29)19(33)27-14(21(35)36)6-11-8-24-9-25-11/h8-10,12-14,17H,3-7,22H2,1-2H3,(H2,23,29)(H,24,25)(H,26,34)(H,27,33)(H,28,32)(H,30,31)(H,35,36). The summed E-state index contributed by atoms with van der Waals surface area (Å²) in [5.41, 5.74) is 11.4. The molecular formula is C21H33N7O8. The maximum atomic E-state index is 13.0. The number of amides is 4. The van der Waals surface area contributed by atoms with E-state index in [0.29, 0.717) is 12.1 Å². The first-order valence-electron chi connectivity index (χ1n) is 11.2. The third-order valence-electron chi connectivity index (χ3n) is 5.43. The number of primary amides is 1. The van der Waals surface area contributed by atoms with Crippen LogP contribution in [0.4, 0.5) is 0 Å². The largest absolute Gasteiger partial charge is 0.481 e. The highest BCUT2D eigenvalue weighted by atomic mass is 16.4. The lowest BCUT2D eigenvalue weighted by Crippen LogP contribution is -2.59. The number of imidazole rings is 1. The van der Waals surface area contributed by atoms with E-state index in [1.807, 2.05) is 0 Å². The van der Waals surface area contributed by atoms with Crippen molar-refractivity contribution >= 4 is 35.6 Å². The van der Waals surface area contributed by atoms with E-state index in [9.17, 15) is 33.9 Å². The summed E-state index contributed by atoms with van der Waals surface area (Å²) in [5, 5.41) is 25.3. The molecule has 0 saturated heterocycles. The lowest BCUT2D eigenvalue weighted by Gasteiger charge is -2.27. The van der Waals surface area contributed by atoms with Crippen LogP contribution in [0.2, 0.25) is 0 Å². The molecule has 0 radical (unpaired) electrons. The van der Waals surface area contributed by atoms with Crippen LogP contribution >= 0.6 is 0 Å². The van der Waals surface area contributed by atoms with E-state index in [0.717, 1.165) is 0 Å². The van der Waals surface area contributed by atoms with Crippen LogP contribution in [0, 0.1) is 5.92 Å². The second-order valence-corrected chi connectivity index (χ2v) is 8.32. The van der Waals surface area contributed by atoms with Crippen molar-refractivity contribution in [2.24, 2.45) is 17.4 Å². The van der Waals surface area contributed by atoms with Crippen LogP contribution in [0.15, 0.2) is 12.5 Å². The maximum absolute atomic E-state index is 13.0. The fourth-order valence-electron chi connectivity index (χ4n) is 3.13. The third-order valence-corrected chi connectivity index (χ3v) is 5.43. The molecule has 1 heterocycles. The Morgan fingerprint density at radius 3 is 2.17 bits per heavy atom. The highest BCUT2D eigenvalue weighted by Crippen LogP contribution is 2.10. The fraction of sp³-hybridized carbons (Fsp3) is 0.571. The Balaban J connectivity index is 2.99. The third kappa shape index (κ3) is 10.1. The molecule has 4 amide bonds. The van der Waals surface area contributed by atoms with Gasteiger partial charge in [-0.05, 0) is 12.3 Å². The molecule has 0 aliphatic carbocycles. The molecule has 0 fully saturated rings. The van der Waals surface area contributed by atoms with Gasteiger partial charge < -0.3 is 42.6 Å². The number of aromatic amines is 1. The minimum Gasteiger partial charge on any atom is -0.481 e. The van der Waals surface area contributed by atoms with E-state index < -0.39 is 72.1 Å². The Bertz CT molecular complexity index is 937. The SMILES string of the molecule is CCC(C)C(NC(=O)C(N)CCC(=O)O)C(=O)NC(CC(N)=O)C(=O)NC(Cc1cnc[nH]1)C(=O)O. The van der Waals surface area contributed by atoms with Crippen LogP contribution in [0.5, 0.6) is 0 Å². The van der Waals surface area contributed by atoms with E-state index in [-0.39, 0.29) is 19.3 Å². The first-order chi connectivity index (χ1) is 16.8. The number of nitrogens with two attached hydrogens (primary N) is 2. The van der Waals surface area contributed by atoms with Crippen molar-refractivity contribution < 1.29 is 39.0 Å². The van der Waals surface area contributed by atoms with Gasteiger partial charge in [0.05, 0.1) is 18.8 Å². The second kappa shape index (κ2) is 14.4. The number of hydrogen-bond donors (Lipinski definition) is 8. The predicted octanol–water partition coefficient (Wildman–Crippen LogP) is -2.40. The lowest BCUT2D eigenvalue weighted by atomic mass is 9.97. The van der Waals surface area contributed by atoms with Crippen molar-refractivity contribution in [2.45, 2.75) is 70.1 Å². The zero-order chi connectivity index (χ0) is 27.4. The molecule has 200 valence electrons. The molecule has 1 aromatic heterocycles. The molecule has 0 bridgehead atoms. The topological polar surface area (TPSA) is 260 Å². The van der Waals surface area contributed by atoms with Gasteiger partial charge in [0, 0.05) is 24.7 Å². The number of nitrogens with one attached hydrogen (secondary N) is 4. The van der Waals surface area contributed by atoms with Crippen molar-refractivity contribution in [3.05, 3.63) is 18.2 Å². The van der Waals surface area contributed by atoms with E-state index in [4.69, 9.17) is 16.6 Å². The zero-order valence-electron chi connectivity index (χ0n) is 20.0. The molecule has 0 aliphatic rings. The molecule has 5 unspecified atom stereocenters. The number of rotatable bonds is 16. The van der Waals surface area contributed by atoms with Crippen molar-refractivity contribution in [3.8, 4) is 0 Å². The van der Waals surface area contributed by atoms with Gasteiger partial charge in [-0.3, -0.25) is 24.0 Å². The number of carboxylic acids is 2. The van der Waals surface area contributed by atoms with Gasteiger partial charge in [0.25, 0.3) is 0 Å². The van der Waals surface area contributed by atoms with Crippen LogP contribution in [0.3, 0.4) is 0 Å². The molecule has 5 atom stereocenters. The highest BCUT2D eigenvalue weighted by molar-refractivity contribution is 5.96. The maximum Gasteiger partial charge on any atom is 0.326 e. The van der Waals surface area contributed by atoms with Crippen LogP contribution in [0.1, 0.15) is 45.2 Å². The number of hydrogen-bond acceptors (Lipinski definition) is 8. The first-order valence-corrected chi connectivity index (χ1v) is 11.2. The Morgan fingerprint density at radius 1 is 1.03 bits per heavy atom. The Morgan fingerprint density at radius 2 is 1.67 bits per heavy atom. The molecule has 15 nitrogen and oxygen atoms in total. The average Bonchev–Trinajstić information content (AvgIpc) is 3.31. The number of carboxylic acid groups (broad SMARTS) is 2. The summed E-state index contributed by atoms with van der Waals surface area (Å²) in [4.78, 5) is 78.6. The second-order valence-electron chi connectivity index (χ2n) is 8.32. The Kier molecular flexibility index (Phi) is 12.0. The minimum absolute atomic E-state index is 0.141. The molecule has 10 N–H and O–H groups in total. The number of carbonyl (C=O) groups excluding carboxylic acids is 4. The monoisotopic (exact) mass is 511 g/mol. The Labute approximate surface area is 206 Å². The fourth-order valence-corrected chi connectivity index (χ4v) is 3.13. The van der Waals surface area contributed by atoms with Gasteiger partial charge >= 0.3 is 11.9 Å². The molecule has 1 aromatic rings. The van der Waals surface area contributed by atoms with Crippen LogP contribution < -0.4 is 27.4 Å². The lowest BCUT2D eigenvalue weighted by molar-refractivity contribution is -0.142. The van der Waals surface area contributed by atoms with E-state index in [1.165, 1.54) is 12.5 Å². The quantitative estimate of drug-likeness (QED) is 0.117. The van der Waals surface area contributed by atoms with Crippen molar-refractivity contribution in [3.63, 3.8) is 0 Å². The minimum atomic E-state index is -1.53. The summed E-state index contributed by atoms with van der Waals surface area (Å²) in [6.45, 7) is 3.41. The molecule has 15 heteroatoms. The van der Waals surface area contributed by atoms with Crippen LogP contribution in [-0.4, -0.2) is 79.9 Å².